The Hall–Kier alpha value is -4.10. The van der Waals surface area contributed by atoms with E-state index in [9.17, 15) is 0 Å². The van der Waals surface area contributed by atoms with Crippen molar-refractivity contribution >= 4 is 33.3 Å². The molecule has 1 nitrogen and oxygen atoms in total. The highest BCUT2D eigenvalue weighted by atomic mass is 14.9. The number of nitrogens with one attached hydrogen (secondary N) is 1. The molecule has 0 saturated carbocycles. The van der Waals surface area contributed by atoms with Crippen molar-refractivity contribution in [3.8, 4) is 0 Å². The Labute approximate surface area is 216 Å². The molecule has 0 fully saturated rings. The average molecular weight is 470 g/mol. The van der Waals surface area contributed by atoms with Crippen molar-refractivity contribution in [2.45, 2.75) is 34.1 Å². The Balaban J connectivity index is 1.63. The van der Waals surface area contributed by atoms with Crippen LogP contribution in [0.5, 0.6) is 0 Å². The van der Waals surface area contributed by atoms with E-state index in [2.05, 4.69) is 136 Å². The summed E-state index contributed by atoms with van der Waals surface area (Å²) in [7, 11) is 0. The molecule has 1 N–H and O–H groups in total. The van der Waals surface area contributed by atoms with Crippen LogP contribution in [0.4, 0.5) is 0 Å². The van der Waals surface area contributed by atoms with Crippen LogP contribution >= 0.6 is 0 Å². The summed E-state index contributed by atoms with van der Waals surface area (Å²) in [6.07, 6.45) is 5.10. The first-order chi connectivity index (χ1) is 17.4. The molecule has 4 aromatic rings. The van der Waals surface area contributed by atoms with Gasteiger partial charge < -0.3 is 5.32 Å². The van der Waals surface area contributed by atoms with E-state index in [4.69, 9.17) is 0 Å². The lowest BCUT2D eigenvalue weighted by atomic mass is 9.90. The molecule has 0 aliphatic rings. The number of rotatable bonds is 8. The number of aryl methyl sites for hydroxylation is 2. The Morgan fingerprint density at radius 3 is 1.75 bits per heavy atom. The normalized spacial score (nSPS) is 12.0. The Morgan fingerprint density at radius 1 is 0.667 bits per heavy atom. The van der Waals surface area contributed by atoms with Gasteiger partial charge in [-0.1, -0.05) is 121 Å². The van der Waals surface area contributed by atoms with Crippen LogP contribution in [0, 0.1) is 13.8 Å². The summed E-state index contributed by atoms with van der Waals surface area (Å²) in [4.78, 5) is 0. The highest BCUT2D eigenvalue weighted by Gasteiger charge is 2.13. The van der Waals surface area contributed by atoms with Gasteiger partial charge in [0.25, 0.3) is 0 Å². The van der Waals surface area contributed by atoms with Gasteiger partial charge in [0.1, 0.15) is 0 Å². The molecule has 180 valence electrons. The van der Waals surface area contributed by atoms with E-state index in [-0.39, 0.29) is 0 Å². The number of hydrogen-bond donors (Lipinski definition) is 1. The number of allylic oxidation sites excluding steroid dienone is 4. The van der Waals surface area contributed by atoms with Gasteiger partial charge in [-0.2, -0.15) is 0 Å². The van der Waals surface area contributed by atoms with E-state index in [1.54, 1.807) is 0 Å². The van der Waals surface area contributed by atoms with Crippen molar-refractivity contribution in [1.29, 1.82) is 0 Å². The van der Waals surface area contributed by atoms with Crippen molar-refractivity contribution in [2.24, 2.45) is 0 Å². The molecule has 0 saturated heterocycles. The summed E-state index contributed by atoms with van der Waals surface area (Å²) < 4.78 is 0. The minimum atomic E-state index is 0.804. The second-order valence-electron chi connectivity index (χ2n) is 9.34. The molecule has 0 aromatic heterocycles. The molecular formula is C35H35N. The predicted molar refractivity (Wildman–Crippen MR) is 159 cm³/mol. The van der Waals surface area contributed by atoms with Crippen molar-refractivity contribution in [1.82, 2.24) is 5.32 Å². The monoisotopic (exact) mass is 469 g/mol. The molecule has 0 amide bonds. The van der Waals surface area contributed by atoms with E-state index in [1.165, 1.54) is 38.6 Å². The highest BCUT2D eigenvalue weighted by molar-refractivity contribution is 6.01. The fourth-order valence-electron chi connectivity index (χ4n) is 4.61. The Bertz CT molecular complexity index is 1350. The van der Waals surface area contributed by atoms with Crippen LogP contribution in [-0.4, -0.2) is 0 Å². The van der Waals surface area contributed by atoms with E-state index in [1.807, 2.05) is 6.92 Å². The molecule has 0 unspecified atom stereocenters. The van der Waals surface area contributed by atoms with Gasteiger partial charge in [-0.25, -0.2) is 0 Å². The first-order valence-corrected chi connectivity index (χ1v) is 12.5. The van der Waals surface area contributed by atoms with Crippen molar-refractivity contribution in [2.75, 3.05) is 0 Å². The number of hydrogen-bond acceptors (Lipinski definition) is 1. The predicted octanol–water partition coefficient (Wildman–Crippen LogP) is 9.58. The third-order valence-corrected chi connectivity index (χ3v) is 6.74. The molecule has 0 atom stereocenters. The van der Waals surface area contributed by atoms with E-state index >= 15 is 0 Å². The maximum atomic E-state index is 4.50. The van der Waals surface area contributed by atoms with Gasteiger partial charge in [-0.15, -0.1) is 0 Å². The first kappa shape index (κ1) is 25.0. The molecule has 4 rings (SSSR count). The van der Waals surface area contributed by atoms with Gasteiger partial charge in [0.05, 0.1) is 0 Å². The molecular weight excluding hydrogens is 434 g/mol. The lowest BCUT2D eigenvalue weighted by molar-refractivity contribution is 1.23. The van der Waals surface area contributed by atoms with Gasteiger partial charge in [0.2, 0.25) is 0 Å². The third kappa shape index (κ3) is 5.42. The van der Waals surface area contributed by atoms with Gasteiger partial charge >= 0.3 is 0 Å². The van der Waals surface area contributed by atoms with Crippen LogP contribution in [0.2, 0.25) is 0 Å². The molecule has 0 aliphatic heterocycles. The molecule has 0 heterocycles. The first-order valence-electron chi connectivity index (χ1n) is 12.5. The largest absolute Gasteiger partial charge is 0.355 e. The van der Waals surface area contributed by atoms with Crippen molar-refractivity contribution < 1.29 is 0 Å². The summed E-state index contributed by atoms with van der Waals surface area (Å²) >= 11 is 0. The maximum Gasteiger partial charge on any atom is 0.0414 e. The minimum absolute atomic E-state index is 0.804. The molecule has 1 heteroatoms. The van der Waals surface area contributed by atoms with Crippen LogP contribution in [0.3, 0.4) is 0 Å². The minimum Gasteiger partial charge on any atom is -0.355 e. The smallest absolute Gasteiger partial charge is 0.0414 e. The van der Waals surface area contributed by atoms with Crippen LogP contribution in [0.25, 0.3) is 33.3 Å². The molecule has 0 spiro atoms. The summed E-state index contributed by atoms with van der Waals surface area (Å²) in [5, 5.41) is 5.93. The maximum absolute atomic E-state index is 4.50. The Kier molecular flexibility index (Phi) is 7.71. The summed E-state index contributed by atoms with van der Waals surface area (Å²) in [6.45, 7) is 17.3. The lowest BCUT2D eigenvalue weighted by Crippen LogP contribution is -2.10. The molecule has 0 aliphatic carbocycles. The van der Waals surface area contributed by atoms with Crippen LogP contribution < -0.4 is 5.32 Å². The fourth-order valence-corrected chi connectivity index (χ4v) is 4.61. The average Bonchev–Trinajstić information content (AvgIpc) is 2.90. The zero-order chi connectivity index (χ0) is 25.7. The number of benzene rings is 4. The van der Waals surface area contributed by atoms with Gasteiger partial charge in [0.15, 0.2) is 0 Å². The van der Waals surface area contributed by atoms with Crippen LogP contribution in [0.1, 0.15) is 53.6 Å². The fraction of sp³-hybridized carbons (Fsp3) is 0.143. The molecule has 0 bridgehead atoms. The molecule has 0 radical (unpaired) electrons. The number of fused-ring (bicyclic) bond motifs is 1. The van der Waals surface area contributed by atoms with Crippen LogP contribution in [0.15, 0.2) is 110 Å². The van der Waals surface area contributed by atoms with E-state index in [0.717, 1.165) is 34.5 Å². The summed E-state index contributed by atoms with van der Waals surface area (Å²) in [6, 6.07) is 30.2. The van der Waals surface area contributed by atoms with Crippen molar-refractivity contribution in [3.63, 3.8) is 0 Å². The van der Waals surface area contributed by atoms with Crippen LogP contribution in [-0.2, 0) is 0 Å². The van der Waals surface area contributed by atoms with Gasteiger partial charge in [0, 0.05) is 17.0 Å². The van der Waals surface area contributed by atoms with Crippen molar-refractivity contribution in [3.05, 3.63) is 144 Å². The SMILES string of the molecule is C=C(C/C(=C\C)c1ccc(C)cc1)c1ccc(C(=C)N/C(=C\C)c2ccc(C)cc2)c2ccccc12. The third-order valence-electron chi connectivity index (χ3n) is 6.74. The summed E-state index contributed by atoms with van der Waals surface area (Å²) in [5.74, 6) is 0. The lowest BCUT2D eigenvalue weighted by Gasteiger charge is -2.18. The highest BCUT2D eigenvalue weighted by Crippen LogP contribution is 2.34. The zero-order valence-corrected chi connectivity index (χ0v) is 21.9. The zero-order valence-electron chi connectivity index (χ0n) is 21.9. The van der Waals surface area contributed by atoms with Gasteiger partial charge in [-0.05, 0) is 72.7 Å². The van der Waals surface area contributed by atoms with E-state index < -0.39 is 0 Å². The quantitative estimate of drug-likeness (QED) is 0.271. The van der Waals surface area contributed by atoms with Gasteiger partial charge in [-0.3, -0.25) is 0 Å². The second-order valence-corrected chi connectivity index (χ2v) is 9.34. The van der Waals surface area contributed by atoms with E-state index in [0.29, 0.717) is 0 Å². The summed E-state index contributed by atoms with van der Waals surface area (Å²) in [5.41, 5.74) is 11.5. The second kappa shape index (κ2) is 11.1. The molecule has 4 aromatic carbocycles. The topological polar surface area (TPSA) is 12.0 Å². The standard InChI is InChI=1S/C35H35N/c1-7-28(29-17-13-24(3)14-18-29)23-26(5)31-21-22-32(34-12-10-9-11-33(31)34)27(6)36-35(8-2)30-19-15-25(4)16-20-30/h7-22,36H,5-6,23H2,1-4H3/b28-7+,35-8-. The Morgan fingerprint density at radius 2 is 1.19 bits per heavy atom. The molecule has 36 heavy (non-hydrogen) atoms.